The smallest absolute Gasteiger partial charge is 0.268 e. The third-order valence-electron chi connectivity index (χ3n) is 1.59. The summed E-state index contributed by atoms with van der Waals surface area (Å²) in [5.74, 6) is -0.00463. The van der Waals surface area contributed by atoms with Crippen LogP contribution in [0.4, 0.5) is 0 Å². The summed E-state index contributed by atoms with van der Waals surface area (Å²) in [5.41, 5.74) is 2.05. The fourth-order valence-electron chi connectivity index (χ4n) is 1.02. The fraction of sp³-hybridized carbons (Fsp3) is 0.571. The molecule has 0 saturated heterocycles. The average Bonchev–Trinajstić information content (AvgIpc) is 2.12. The molecule has 0 N–H and O–H groups in total. The molecule has 0 aromatic heterocycles. The van der Waals surface area contributed by atoms with Crippen molar-refractivity contribution in [3.8, 4) is 0 Å². The number of rotatable bonds is 1. The summed E-state index contributed by atoms with van der Waals surface area (Å²) >= 11 is 0. The average molecular weight is 124 g/mol. The normalized spacial score (nSPS) is 18.7. The second kappa shape index (κ2) is 2.21. The lowest BCUT2D eigenvalue weighted by Gasteiger charge is -1.90. The number of carbonyl (C=O) groups is 1. The lowest BCUT2D eigenvalue weighted by atomic mass is 10.1. The minimum absolute atomic E-state index is 0.00463. The van der Waals surface area contributed by atoms with Gasteiger partial charge in [-0.3, -0.25) is 4.79 Å². The van der Waals surface area contributed by atoms with E-state index in [0.717, 1.165) is 17.6 Å². The van der Waals surface area contributed by atoms with Gasteiger partial charge in [-0.1, -0.05) is 6.92 Å². The molecule has 0 saturated carbocycles. The quantitative estimate of drug-likeness (QED) is 0.510. The predicted octanol–water partition coefficient (Wildman–Crippen LogP) is 0.857. The van der Waals surface area contributed by atoms with E-state index in [0.29, 0.717) is 6.54 Å². The predicted molar refractivity (Wildman–Crippen MR) is 35.0 cm³/mol. The van der Waals surface area contributed by atoms with Crippen LogP contribution < -0.4 is 5.32 Å². The topological polar surface area (TPSA) is 31.2 Å². The lowest BCUT2D eigenvalue weighted by molar-refractivity contribution is -0.117. The molecule has 0 unspecified atom stereocenters. The minimum atomic E-state index is -0.00463. The van der Waals surface area contributed by atoms with Gasteiger partial charge in [-0.2, -0.15) is 0 Å². The third-order valence-corrected chi connectivity index (χ3v) is 1.59. The first kappa shape index (κ1) is 6.33. The van der Waals surface area contributed by atoms with Gasteiger partial charge in [0.05, 0.1) is 6.54 Å². The summed E-state index contributed by atoms with van der Waals surface area (Å²) in [6.45, 7) is 4.58. The van der Waals surface area contributed by atoms with Crippen LogP contribution in [0.25, 0.3) is 0 Å². The van der Waals surface area contributed by atoms with Gasteiger partial charge in [0.2, 0.25) is 0 Å². The molecule has 9 heavy (non-hydrogen) atoms. The fourth-order valence-corrected chi connectivity index (χ4v) is 1.02. The first-order valence-electron chi connectivity index (χ1n) is 3.16. The van der Waals surface area contributed by atoms with Crippen LogP contribution in [0, 0.1) is 0 Å². The summed E-state index contributed by atoms with van der Waals surface area (Å²) in [4.78, 5) is 10.8. The molecule has 1 radical (unpaired) electrons. The van der Waals surface area contributed by atoms with Gasteiger partial charge in [-0.15, -0.1) is 0 Å². The largest absolute Gasteiger partial charge is 0.268 e. The Morgan fingerprint density at radius 1 is 1.67 bits per heavy atom. The van der Waals surface area contributed by atoms with Crippen LogP contribution in [0.3, 0.4) is 0 Å². The van der Waals surface area contributed by atoms with Gasteiger partial charge >= 0.3 is 0 Å². The summed E-state index contributed by atoms with van der Waals surface area (Å²) < 4.78 is 0. The first-order valence-corrected chi connectivity index (χ1v) is 3.16. The Morgan fingerprint density at radius 2 is 2.33 bits per heavy atom. The zero-order valence-electron chi connectivity index (χ0n) is 5.77. The van der Waals surface area contributed by atoms with E-state index in [4.69, 9.17) is 0 Å². The molecule has 1 aliphatic heterocycles. The number of hydrogen-bond acceptors (Lipinski definition) is 1. The highest BCUT2D eigenvalue weighted by molar-refractivity contribution is 5.96. The van der Waals surface area contributed by atoms with Crippen molar-refractivity contribution in [3.05, 3.63) is 11.1 Å². The molecule has 0 aliphatic carbocycles. The number of nitrogens with zero attached hydrogens (tertiary/aromatic N) is 1. The number of carbonyl (C=O) groups excluding carboxylic acids is 1. The highest BCUT2D eigenvalue weighted by Gasteiger charge is 2.18. The highest BCUT2D eigenvalue weighted by Crippen LogP contribution is 2.13. The van der Waals surface area contributed by atoms with E-state index in [1.807, 2.05) is 13.8 Å². The number of amides is 1. The molecule has 49 valence electrons. The van der Waals surface area contributed by atoms with Crippen LogP contribution in [-0.2, 0) is 4.79 Å². The monoisotopic (exact) mass is 124 g/mol. The molecule has 1 rings (SSSR count). The molecule has 1 aliphatic rings. The van der Waals surface area contributed by atoms with Crippen molar-refractivity contribution >= 4 is 5.91 Å². The summed E-state index contributed by atoms with van der Waals surface area (Å²) in [5, 5.41) is 3.76. The maximum absolute atomic E-state index is 10.8. The summed E-state index contributed by atoms with van der Waals surface area (Å²) in [6.07, 6.45) is 0.828. The molecule has 0 bridgehead atoms. The molecule has 2 nitrogen and oxygen atoms in total. The van der Waals surface area contributed by atoms with E-state index in [-0.39, 0.29) is 5.91 Å². The van der Waals surface area contributed by atoms with E-state index < -0.39 is 0 Å². The molecular weight excluding hydrogens is 114 g/mol. The first-order chi connectivity index (χ1) is 4.25. The maximum Gasteiger partial charge on any atom is 0.268 e. The highest BCUT2D eigenvalue weighted by atomic mass is 16.1. The van der Waals surface area contributed by atoms with E-state index in [1.54, 1.807) is 0 Å². The Labute approximate surface area is 54.9 Å². The molecule has 2 heteroatoms. The number of hydrogen-bond donors (Lipinski definition) is 0. The van der Waals surface area contributed by atoms with E-state index >= 15 is 0 Å². The third kappa shape index (κ3) is 0.969. The Bertz CT molecular complexity index is 170. The van der Waals surface area contributed by atoms with Crippen molar-refractivity contribution in [3.63, 3.8) is 0 Å². The molecule has 0 spiro atoms. The van der Waals surface area contributed by atoms with Gasteiger partial charge in [0.15, 0.2) is 0 Å². The molecule has 0 fully saturated rings. The van der Waals surface area contributed by atoms with E-state index in [2.05, 4.69) is 5.32 Å². The zero-order valence-corrected chi connectivity index (χ0v) is 5.77. The molecule has 1 heterocycles. The standard InChI is InChI=1S/C7H10NO/c1-3-6-5(2)4-8-7(6)9/h3-4H2,1-2H3. The Hall–Kier alpha value is -0.790. The zero-order chi connectivity index (χ0) is 6.85. The molecule has 1 amide bonds. The van der Waals surface area contributed by atoms with Crippen LogP contribution in [0.15, 0.2) is 11.1 Å². The SMILES string of the molecule is CCC1=C(C)C[N]C1=O. The van der Waals surface area contributed by atoms with Gasteiger partial charge in [0.25, 0.3) is 5.91 Å². The molecule has 0 atom stereocenters. The van der Waals surface area contributed by atoms with Crippen molar-refractivity contribution in [2.45, 2.75) is 20.3 Å². The summed E-state index contributed by atoms with van der Waals surface area (Å²) in [7, 11) is 0. The van der Waals surface area contributed by atoms with Crippen LogP contribution in [0.2, 0.25) is 0 Å². The van der Waals surface area contributed by atoms with Crippen molar-refractivity contribution in [1.82, 2.24) is 5.32 Å². The van der Waals surface area contributed by atoms with Crippen LogP contribution in [-0.4, -0.2) is 12.5 Å². The van der Waals surface area contributed by atoms with Crippen molar-refractivity contribution in [2.24, 2.45) is 0 Å². The van der Waals surface area contributed by atoms with Crippen molar-refractivity contribution in [2.75, 3.05) is 6.54 Å². The molecule has 0 aromatic carbocycles. The van der Waals surface area contributed by atoms with Crippen LogP contribution in [0.1, 0.15) is 20.3 Å². The van der Waals surface area contributed by atoms with E-state index in [1.165, 1.54) is 0 Å². The summed E-state index contributed by atoms with van der Waals surface area (Å²) in [6, 6.07) is 0. The molecule has 0 aromatic rings. The van der Waals surface area contributed by atoms with Crippen LogP contribution >= 0.6 is 0 Å². The second-order valence-electron chi connectivity index (χ2n) is 2.23. The minimum Gasteiger partial charge on any atom is -0.268 e. The van der Waals surface area contributed by atoms with Crippen molar-refractivity contribution < 1.29 is 4.79 Å². The Morgan fingerprint density at radius 3 is 2.56 bits per heavy atom. The Balaban J connectivity index is 2.82. The second-order valence-corrected chi connectivity index (χ2v) is 2.23. The molecular formula is C7H10NO. The van der Waals surface area contributed by atoms with Gasteiger partial charge in [-0.05, 0) is 18.9 Å². The van der Waals surface area contributed by atoms with Gasteiger partial charge in [-0.25, -0.2) is 5.32 Å². The van der Waals surface area contributed by atoms with Crippen molar-refractivity contribution in [1.29, 1.82) is 0 Å². The van der Waals surface area contributed by atoms with Crippen LogP contribution in [0.5, 0.6) is 0 Å². The lowest BCUT2D eigenvalue weighted by Crippen LogP contribution is -2.08. The van der Waals surface area contributed by atoms with Gasteiger partial charge < -0.3 is 0 Å². The maximum atomic E-state index is 10.8. The van der Waals surface area contributed by atoms with Gasteiger partial charge in [0, 0.05) is 5.57 Å². The van der Waals surface area contributed by atoms with Gasteiger partial charge in [0.1, 0.15) is 0 Å². The van der Waals surface area contributed by atoms with E-state index in [9.17, 15) is 4.79 Å². The Kier molecular flexibility index (Phi) is 1.56.